The molecule has 126 valence electrons. The van der Waals surface area contributed by atoms with Crippen molar-refractivity contribution in [3.8, 4) is 10.6 Å². The lowest BCUT2D eigenvalue weighted by molar-refractivity contribution is -0.138. The molecule has 3 nitrogen and oxygen atoms in total. The summed E-state index contributed by atoms with van der Waals surface area (Å²) in [6, 6.07) is 9.18. The number of aromatic nitrogens is 1. The molecular weight excluding hydrogens is 405 g/mol. The first kappa shape index (κ1) is 17.2. The molecule has 1 aromatic carbocycles. The third kappa shape index (κ3) is 4.06. The van der Waals surface area contributed by atoms with Gasteiger partial charge in [-0.2, -0.15) is 13.2 Å². The highest BCUT2D eigenvalue weighted by Crippen LogP contribution is 2.32. The fourth-order valence-corrected chi connectivity index (χ4v) is 3.36. The molecular formula is C16H12BrF3N2OS. The Bertz CT molecular complexity index is 829. The lowest BCUT2D eigenvalue weighted by Crippen LogP contribution is -2.17. The molecule has 0 aliphatic heterocycles. The third-order valence-electron chi connectivity index (χ3n) is 3.28. The van der Waals surface area contributed by atoms with Gasteiger partial charge in [0.25, 0.3) is 0 Å². The summed E-state index contributed by atoms with van der Waals surface area (Å²) in [5, 5.41) is 3.79. The van der Waals surface area contributed by atoms with Gasteiger partial charge in [-0.15, -0.1) is 11.3 Å². The highest BCUT2D eigenvalue weighted by molar-refractivity contribution is 9.10. The second-order valence-electron chi connectivity index (χ2n) is 4.98. The van der Waals surface area contributed by atoms with Gasteiger partial charge in [0, 0.05) is 19.3 Å². The first-order valence-electron chi connectivity index (χ1n) is 7.00. The number of rotatable bonds is 5. The van der Waals surface area contributed by atoms with Crippen LogP contribution in [0.3, 0.4) is 0 Å². The minimum absolute atomic E-state index is 0.122. The number of nitrogens with zero attached hydrogens (tertiary/aromatic N) is 1. The van der Waals surface area contributed by atoms with Gasteiger partial charge in [-0.3, -0.25) is 0 Å². The molecule has 0 aliphatic carbocycles. The molecule has 0 spiro atoms. The molecule has 0 aliphatic rings. The normalized spacial score (nSPS) is 11.8. The Morgan fingerprint density at radius 2 is 1.92 bits per heavy atom. The van der Waals surface area contributed by atoms with E-state index in [9.17, 15) is 13.2 Å². The average molecular weight is 417 g/mol. The fourth-order valence-electron chi connectivity index (χ4n) is 2.21. The summed E-state index contributed by atoms with van der Waals surface area (Å²) in [5.41, 5.74) is -0.394. The highest BCUT2D eigenvalue weighted by atomic mass is 79.9. The van der Waals surface area contributed by atoms with Crippen molar-refractivity contribution in [2.45, 2.75) is 19.3 Å². The Hall–Kier alpha value is -1.64. The number of alkyl halides is 3. The van der Waals surface area contributed by atoms with Gasteiger partial charge in [-0.05, 0) is 39.7 Å². The zero-order valence-electron chi connectivity index (χ0n) is 12.2. The van der Waals surface area contributed by atoms with Gasteiger partial charge in [0.15, 0.2) is 4.67 Å². The largest absolute Gasteiger partial charge is 0.448 e. The average Bonchev–Trinajstić information content (AvgIpc) is 3.16. The van der Waals surface area contributed by atoms with E-state index in [1.165, 1.54) is 23.5 Å². The van der Waals surface area contributed by atoms with Crippen LogP contribution in [0.1, 0.15) is 16.1 Å². The fraction of sp³-hybridized carbons (Fsp3) is 0.188. The van der Waals surface area contributed by atoms with Crippen molar-refractivity contribution in [3.63, 3.8) is 0 Å². The minimum atomic E-state index is -4.35. The maximum absolute atomic E-state index is 12.9. The summed E-state index contributed by atoms with van der Waals surface area (Å²) in [6.45, 7) is 0.510. The van der Waals surface area contributed by atoms with Crippen LogP contribution in [-0.4, -0.2) is 4.98 Å². The SMILES string of the molecule is FC(F)(F)c1ccccc1CNCc1ncc(-c2ccc(Br)o2)s1. The van der Waals surface area contributed by atoms with Crippen LogP contribution in [0, 0.1) is 0 Å². The van der Waals surface area contributed by atoms with Crippen molar-refractivity contribution in [1.29, 1.82) is 0 Å². The van der Waals surface area contributed by atoms with Crippen LogP contribution in [0.25, 0.3) is 10.6 Å². The molecule has 2 heterocycles. The van der Waals surface area contributed by atoms with Crippen LogP contribution in [0.4, 0.5) is 13.2 Å². The summed E-state index contributed by atoms with van der Waals surface area (Å²) in [7, 11) is 0. The molecule has 0 atom stereocenters. The van der Waals surface area contributed by atoms with E-state index in [1.807, 2.05) is 6.07 Å². The van der Waals surface area contributed by atoms with E-state index in [1.54, 1.807) is 18.3 Å². The minimum Gasteiger partial charge on any atom is -0.448 e. The maximum atomic E-state index is 12.9. The Labute approximate surface area is 148 Å². The topological polar surface area (TPSA) is 38.1 Å². The molecule has 0 unspecified atom stereocenters. The van der Waals surface area contributed by atoms with Gasteiger partial charge < -0.3 is 9.73 Å². The van der Waals surface area contributed by atoms with Crippen LogP contribution in [0.2, 0.25) is 0 Å². The standard InChI is InChI=1S/C16H12BrF3N2OS/c17-14-6-5-12(23-14)13-8-22-15(24-13)9-21-7-10-3-1-2-4-11(10)16(18,19)20/h1-6,8,21H,7,9H2. The number of furan rings is 1. The molecule has 8 heteroatoms. The van der Waals surface area contributed by atoms with Crippen molar-refractivity contribution in [1.82, 2.24) is 10.3 Å². The number of benzene rings is 1. The number of nitrogens with one attached hydrogen (secondary N) is 1. The molecule has 3 aromatic rings. The molecule has 0 saturated heterocycles. The smallest absolute Gasteiger partial charge is 0.416 e. The maximum Gasteiger partial charge on any atom is 0.416 e. The quantitative estimate of drug-likeness (QED) is 0.598. The van der Waals surface area contributed by atoms with Crippen molar-refractivity contribution in [2.24, 2.45) is 0 Å². The summed E-state index contributed by atoms with van der Waals surface area (Å²) in [5.74, 6) is 0.702. The lowest BCUT2D eigenvalue weighted by atomic mass is 10.1. The van der Waals surface area contributed by atoms with E-state index in [4.69, 9.17) is 4.42 Å². The monoisotopic (exact) mass is 416 g/mol. The highest BCUT2D eigenvalue weighted by Gasteiger charge is 2.32. The van der Waals surface area contributed by atoms with E-state index in [0.29, 0.717) is 17.0 Å². The molecule has 2 aromatic heterocycles. The molecule has 24 heavy (non-hydrogen) atoms. The van der Waals surface area contributed by atoms with E-state index in [2.05, 4.69) is 26.2 Å². The first-order valence-corrected chi connectivity index (χ1v) is 8.60. The number of halogens is 4. The lowest BCUT2D eigenvalue weighted by Gasteiger charge is -2.12. The van der Waals surface area contributed by atoms with Crippen LogP contribution < -0.4 is 5.32 Å². The van der Waals surface area contributed by atoms with E-state index >= 15 is 0 Å². The van der Waals surface area contributed by atoms with Crippen molar-refractivity contribution < 1.29 is 17.6 Å². The van der Waals surface area contributed by atoms with Crippen molar-refractivity contribution in [3.05, 3.63) is 63.4 Å². The summed E-state index contributed by atoms with van der Waals surface area (Å²) >= 11 is 4.67. The second kappa shape index (κ2) is 7.08. The van der Waals surface area contributed by atoms with Gasteiger partial charge >= 0.3 is 6.18 Å². The Morgan fingerprint density at radius 1 is 1.12 bits per heavy atom. The molecule has 0 radical (unpaired) electrons. The summed E-state index contributed by atoms with van der Waals surface area (Å²) in [6.07, 6.45) is -2.66. The zero-order chi connectivity index (χ0) is 17.2. The molecule has 0 amide bonds. The predicted molar refractivity (Wildman–Crippen MR) is 89.5 cm³/mol. The van der Waals surface area contributed by atoms with E-state index < -0.39 is 11.7 Å². The van der Waals surface area contributed by atoms with E-state index in [0.717, 1.165) is 16.0 Å². The molecule has 1 N–H and O–H groups in total. The summed E-state index contributed by atoms with van der Waals surface area (Å²) in [4.78, 5) is 5.13. The number of hydrogen-bond donors (Lipinski definition) is 1. The molecule has 0 saturated carbocycles. The zero-order valence-corrected chi connectivity index (χ0v) is 14.6. The number of thiazole rings is 1. The van der Waals surface area contributed by atoms with Gasteiger partial charge in [-0.25, -0.2) is 4.98 Å². The summed E-state index contributed by atoms with van der Waals surface area (Å²) < 4.78 is 44.9. The Kier molecular flexibility index (Phi) is 5.07. The van der Waals surface area contributed by atoms with Gasteiger partial charge in [0.1, 0.15) is 10.8 Å². The van der Waals surface area contributed by atoms with Crippen molar-refractivity contribution in [2.75, 3.05) is 0 Å². The van der Waals surface area contributed by atoms with Crippen molar-refractivity contribution >= 4 is 27.3 Å². The van der Waals surface area contributed by atoms with Crippen LogP contribution in [-0.2, 0) is 19.3 Å². The first-order chi connectivity index (χ1) is 11.4. The third-order valence-corrected chi connectivity index (χ3v) is 4.72. The Morgan fingerprint density at radius 3 is 2.62 bits per heavy atom. The van der Waals surface area contributed by atoms with Crippen LogP contribution >= 0.6 is 27.3 Å². The molecule has 0 bridgehead atoms. The van der Waals surface area contributed by atoms with Gasteiger partial charge in [0.2, 0.25) is 0 Å². The number of hydrogen-bond acceptors (Lipinski definition) is 4. The molecule has 0 fully saturated rings. The Balaban J connectivity index is 1.63. The van der Waals surface area contributed by atoms with Gasteiger partial charge in [0.05, 0.1) is 10.4 Å². The predicted octanol–water partition coefficient (Wildman–Crippen LogP) is 5.47. The van der Waals surface area contributed by atoms with E-state index in [-0.39, 0.29) is 12.1 Å². The molecule has 3 rings (SSSR count). The van der Waals surface area contributed by atoms with Crippen LogP contribution in [0.15, 0.2) is 51.7 Å². The van der Waals surface area contributed by atoms with Gasteiger partial charge in [-0.1, -0.05) is 18.2 Å². The van der Waals surface area contributed by atoms with Crippen LogP contribution in [0.5, 0.6) is 0 Å². The second-order valence-corrected chi connectivity index (χ2v) is 6.88.